The minimum atomic E-state index is -3.52. The molecule has 0 N–H and O–H groups in total. The molecular weight excluding hydrogens is 334 g/mol. The Kier molecular flexibility index (Phi) is 3.98. The molecule has 4 nitrogen and oxygen atoms in total. The van der Waals surface area contributed by atoms with Crippen LogP contribution in [0.15, 0.2) is 65.6 Å². The lowest BCUT2D eigenvalue weighted by Gasteiger charge is -2.29. The van der Waals surface area contributed by atoms with Crippen molar-refractivity contribution in [2.24, 2.45) is 0 Å². The SMILES string of the molecule is COc1ccc(S(=O)(=O)N2CCc3ccc4ccccc4c3C2)cc1. The fraction of sp³-hybridized carbons (Fsp3) is 0.200. The number of hydrogen-bond acceptors (Lipinski definition) is 3. The van der Waals surface area contributed by atoms with Crippen molar-refractivity contribution >= 4 is 20.8 Å². The van der Waals surface area contributed by atoms with Crippen molar-refractivity contribution in [3.8, 4) is 5.75 Å². The lowest BCUT2D eigenvalue weighted by Crippen LogP contribution is -2.36. The summed E-state index contributed by atoms with van der Waals surface area (Å²) in [6.45, 7) is 0.907. The van der Waals surface area contributed by atoms with E-state index in [1.54, 1.807) is 35.7 Å². The topological polar surface area (TPSA) is 46.6 Å². The molecule has 4 rings (SSSR count). The highest BCUT2D eigenvalue weighted by Gasteiger charge is 2.29. The van der Waals surface area contributed by atoms with Gasteiger partial charge in [0, 0.05) is 13.1 Å². The van der Waals surface area contributed by atoms with E-state index in [1.807, 2.05) is 12.1 Å². The first kappa shape index (κ1) is 16.1. The second-order valence-electron chi connectivity index (χ2n) is 6.19. The number of sulfonamides is 1. The molecule has 0 saturated heterocycles. The van der Waals surface area contributed by atoms with Crippen LogP contribution in [0, 0.1) is 0 Å². The summed E-state index contributed by atoms with van der Waals surface area (Å²) in [6.07, 6.45) is 0.732. The zero-order valence-corrected chi connectivity index (χ0v) is 14.8. The minimum Gasteiger partial charge on any atom is -0.497 e. The number of ether oxygens (including phenoxy) is 1. The monoisotopic (exact) mass is 353 g/mol. The standard InChI is InChI=1S/C20H19NO3S/c1-24-17-8-10-18(11-9-17)25(22,23)21-13-12-16-7-6-15-4-2-3-5-19(15)20(16)14-21/h2-11H,12-14H2,1H3. The number of nitrogens with zero attached hydrogens (tertiary/aromatic N) is 1. The second kappa shape index (κ2) is 6.17. The molecule has 1 aliphatic heterocycles. The lowest BCUT2D eigenvalue weighted by atomic mass is 9.95. The van der Waals surface area contributed by atoms with Gasteiger partial charge in [-0.1, -0.05) is 36.4 Å². The first-order chi connectivity index (χ1) is 12.1. The Morgan fingerprint density at radius 2 is 1.72 bits per heavy atom. The molecule has 128 valence electrons. The Morgan fingerprint density at radius 1 is 0.960 bits per heavy atom. The molecule has 3 aromatic rings. The van der Waals surface area contributed by atoms with E-state index in [4.69, 9.17) is 4.74 Å². The van der Waals surface area contributed by atoms with Crippen LogP contribution in [0.25, 0.3) is 10.8 Å². The number of benzene rings is 3. The highest BCUT2D eigenvalue weighted by molar-refractivity contribution is 7.89. The summed E-state index contributed by atoms with van der Waals surface area (Å²) in [4.78, 5) is 0.303. The van der Waals surface area contributed by atoms with Crippen LogP contribution in [0.4, 0.5) is 0 Å². The molecule has 5 heteroatoms. The third kappa shape index (κ3) is 2.79. The zero-order valence-electron chi connectivity index (χ0n) is 14.0. The van der Waals surface area contributed by atoms with E-state index in [0.29, 0.717) is 23.7 Å². The summed E-state index contributed by atoms with van der Waals surface area (Å²) in [6, 6.07) is 18.9. The van der Waals surface area contributed by atoms with Crippen LogP contribution < -0.4 is 4.74 Å². The zero-order chi connectivity index (χ0) is 17.4. The fourth-order valence-corrected chi connectivity index (χ4v) is 4.81. The van der Waals surface area contributed by atoms with Crippen molar-refractivity contribution < 1.29 is 13.2 Å². The molecule has 0 atom stereocenters. The molecule has 0 radical (unpaired) electrons. The van der Waals surface area contributed by atoms with Gasteiger partial charge in [-0.15, -0.1) is 0 Å². The number of methoxy groups -OCH3 is 1. The predicted molar refractivity (Wildman–Crippen MR) is 98.2 cm³/mol. The van der Waals surface area contributed by atoms with Gasteiger partial charge < -0.3 is 4.74 Å². The molecule has 0 aliphatic carbocycles. The van der Waals surface area contributed by atoms with Crippen LogP contribution in [0.3, 0.4) is 0 Å². The summed E-state index contributed by atoms with van der Waals surface area (Å²) >= 11 is 0. The number of rotatable bonds is 3. The maximum absolute atomic E-state index is 13.0. The van der Waals surface area contributed by atoms with Crippen LogP contribution in [0.1, 0.15) is 11.1 Å². The molecule has 0 fully saturated rings. The van der Waals surface area contributed by atoms with Gasteiger partial charge in [-0.05, 0) is 52.6 Å². The molecule has 1 heterocycles. The van der Waals surface area contributed by atoms with E-state index < -0.39 is 10.0 Å². The van der Waals surface area contributed by atoms with Crippen molar-refractivity contribution in [3.05, 3.63) is 71.8 Å². The van der Waals surface area contributed by atoms with Crippen molar-refractivity contribution in [3.63, 3.8) is 0 Å². The van der Waals surface area contributed by atoms with Gasteiger partial charge in [-0.2, -0.15) is 4.31 Å². The quantitative estimate of drug-likeness (QED) is 0.723. The predicted octanol–water partition coefficient (Wildman–Crippen LogP) is 3.60. The third-order valence-corrected chi connectivity index (χ3v) is 6.66. The second-order valence-corrected chi connectivity index (χ2v) is 8.13. The summed E-state index contributed by atoms with van der Waals surface area (Å²) < 4.78 is 32.7. The van der Waals surface area contributed by atoms with Crippen molar-refractivity contribution in [2.45, 2.75) is 17.9 Å². The van der Waals surface area contributed by atoms with Gasteiger partial charge in [0.15, 0.2) is 0 Å². The Bertz CT molecular complexity index is 1030. The fourth-order valence-electron chi connectivity index (χ4n) is 3.40. The molecule has 25 heavy (non-hydrogen) atoms. The van der Waals surface area contributed by atoms with Gasteiger partial charge >= 0.3 is 0 Å². The Balaban J connectivity index is 1.72. The van der Waals surface area contributed by atoms with Crippen LogP contribution >= 0.6 is 0 Å². The van der Waals surface area contributed by atoms with E-state index in [0.717, 1.165) is 22.8 Å². The van der Waals surface area contributed by atoms with Crippen molar-refractivity contribution in [1.29, 1.82) is 0 Å². The Morgan fingerprint density at radius 3 is 2.48 bits per heavy atom. The minimum absolute atomic E-state index is 0.303. The molecule has 3 aromatic carbocycles. The maximum Gasteiger partial charge on any atom is 0.243 e. The third-order valence-electron chi connectivity index (χ3n) is 4.80. The van der Waals surface area contributed by atoms with E-state index >= 15 is 0 Å². The number of fused-ring (bicyclic) bond motifs is 3. The summed E-state index contributed by atoms with van der Waals surface area (Å²) in [5, 5.41) is 2.28. The molecular formula is C20H19NO3S. The largest absolute Gasteiger partial charge is 0.497 e. The van der Waals surface area contributed by atoms with E-state index in [1.165, 1.54) is 5.56 Å². The highest BCUT2D eigenvalue weighted by atomic mass is 32.2. The maximum atomic E-state index is 13.0. The van der Waals surface area contributed by atoms with Gasteiger partial charge in [0.1, 0.15) is 5.75 Å². The normalized spacial score (nSPS) is 15.1. The van der Waals surface area contributed by atoms with Gasteiger partial charge in [-0.3, -0.25) is 0 Å². The molecule has 1 aliphatic rings. The van der Waals surface area contributed by atoms with Gasteiger partial charge in [0.25, 0.3) is 0 Å². The van der Waals surface area contributed by atoms with E-state index in [2.05, 4.69) is 24.3 Å². The molecule has 0 amide bonds. The summed E-state index contributed by atoms with van der Waals surface area (Å²) in [5.41, 5.74) is 2.35. The summed E-state index contributed by atoms with van der Waals surface area (Å²) in [7, 11) is -1.95. The smallest absolute Gasteiger partial charge is 0.243 e. The molecule has 0 spiro atoms. The number of hydrogen-bond donors (Lipinski definition) is 0. The first-order valence-corrected chi connectivity index (χ1v) is 9.67. The van der Waals surface area contributed by atoms with Gasteiger partial charge in [-0.25, -0.2) is 8.42 Å². The summed E-state index contributed by atoms with van der Waals surface area (Å²) in [5.74, 6) is 0.647. The molecule has 0 aromatic heterocycles. The lowest BCUT2D eigenvalue weighted by molar-refractivity contribution is 0.392. The van der Waals surface area contributed by atoms with Crippen molar-refractivity contribution in [2.75, 3.05) is 13.7 Å². The molecule has 0 unspecified atom stereocenters. The highest BCUT2D eigenvalue weighted by Crippen LogP contribution is 2.30. The average Bonchev–Trinajstić information content (AvgIpc) is 2.67. The van der Waals surface area contributed by atoms with E-state index in [-0.39, 0.29) is 0 Å². The Hall–Kier alpha value is -2.37. The van der Waals surface area contributed by atoms with Crippen LogP contribution in [-0.2, 0) is 23.0 Å². The Labute approximate surface area is 147 Å². The van der Waals surface area contributed by atoms with Crippen LogP contribution in [0.5, 0.6) is 5.75 Å². The molecule has 0 saturated carbocycles. The van der Waals surface area contributed by atoms with E-state index in [9.17, 15) is 8.42 Å². The van der Waals surface area contributed by atoms with Gasteiger partial charge in [0.05, 0.1) is 12.0 Å². The molecule has 0 bridgehead atoms. The van der Waals surface area contributed by atoms with Crippen molar-refractivity contribution in [1.82, 2.24) is 4.31 Å². The first-order valence-electron chi connectivity index (χ1n) is 8.23. The average molecular weight is 353 g/mol. The van der Waals surface area contributed by atoms with Gasteiger partial charge in [0.2, 0.25) is 10.0 Å². The van der Waals surface area contributed by atoms with Crippen LogP contribution in [0.2, 0.25) is 0 Å². The van der Waals surface area contributed by atoms with Crippen LogP contribution in [-0.4, -0.2) is 26.4 Å².